The number of hydrogen-bond acceptors (Lipinski definition) is 1. The lowest BCUT2D eigenvalue weighted by Crippen LogP contribution is -2.05. The normalized spacial score (nSPS) is 12.5. The van der Waals surface area contributed by atoms with Gasteiger partial charge in [-0.1, -0.05) is 28.1 Å². The van der Waals surface area contributed by atoms with Crippen molar-refractivity contribution in [3.8, 4) is 5.75 Å². The highest BCUT2D eigenvalue weighted by Crippen LogP contribution is 2.34. The quantitative estimate of drug-likeness (QED) is 0.654. The monoisotopic (exact) mass is 354 g/mol. The number of alkyl halides is 1. The Morgan fingerprint density at radius 2 is 1.62 bits per heavy atom. The fourth-order valence-electron chi connectivity index (χ4n) is 2.04. The van der Waals surface area contributed by atoms with E-state index in [1.807, 2.05) is 38.1 Å². The molecule has 0 aliphatic rings. The third-order valence-corrected chi connectivity index (χ3v) is 4.12. The largest absolute Gasteiger partial charge is 0.491 e. The Kier molecular flexibility index (Phi) is 4.99. The predicted molar refractivity (Wildman–Crippen MR) is 84.1 cm³/mol. The lowest BCUT2D eigenvalue weighted by molar-refractivity contribution is 0.242. The standard InChI is InChI=1S/C17H17BrF2O/c1-10(2)21-13-6-4-12(5-7-13)17(18)14-8-11(3)15(19)9-16(14)20/h4-10,17H,1-3H3. The molecule has 0 aromatic heterocycles. The van der Waals surface area contributed by atoms with E-state index in [2.05, 4.69) is 15.9 Å². The Labute approximate surface area is 132 Å². The summed E-state index contributed by atoms with van der Waals surface area (Å²) in [5.74, 6) is -0.316. The molecule has 0 heterocycles. The summed E-state index contributed by atoms with van der Waals surface area (Å²) in [7, 11) is 0. The first-order chi connectivity index (χ1) is 9.88. The molecule has 0 N–H and O–H groups in total. The van der Waals surface area contributed by atoms with Crippen molar-refractivity contribution < 1.29 is 13.5 Å². The summed E-state index contributed by atoms with van der Waals surface area (Å²) in [6.07, 6.45) is 0.104. The summed E-state index contributed by atoms with van der Waals surface area (Å²) in [6, 6.07) is 9.89. The smallest absolute Gasteiger partial charge is 0.130 e. The van der Waals surface area contributed by atoms with Crippen LogP contribution in [0.25, 0.3) is 0 Å². The maximum absolute atomic E-state index is 13.9. The number of hydrogen-bond donors (Lipinski definition) is 0. The van der Waals surface area contributed by atoms with Gasteiger partial charge in [0.05, 0.1) is 10.9 Å². The minimum atomic E-state index is -0.553. The SMILES string of the molecule is Cc1cc(C(Br)c2ccc(OC(C)C)cc2)c(F)cc1F. The van der Waals surface area contributed by atoms with E-state index in [0.29, 0.717) is 11.1 Å². The van der Waals surface area contributed by atoms with Crippen LogP contribution in [0.4, 0.5) is 8.78 Å². The van der Waals surface area contributed by atoms with Gasteiger partial charge in [-0.3, -0.25) is 0 Å². The molecule has 0 fully saturated rings. The Hall–Kier alpha value is -1.42. The van der Waals surface area contributed by atoms with Crippen molar-refractivity contribution in [2.75, 3.05) is 0 Å². The van der Waals surface area contributed by atoms with Crippen LogP contribution >= 0.6 is 15.9 Å². The molecule has 0 radical (unpaired) electrons. The predicted octanol–water partition coefficient (Wildman–Crippen LogP) is 5.54. The molecule has 0 amide bonds. The highest BCUT2D eigenvalue weighted by Gasteiger charge is 2.17. The highest BCUT2D eigenvalue weighted by atomic mass is 79.9. The molecule has 2 aromatic rings. The van der Waals surface area contributed by atoms with Gasteiger partial charge in [-0.2, -0.15) is 0 Å². The number of aryl methyl sites for hydroxylation is 1. The molecule has 1 atom stereocenters. The van der Waals surface area contributed by atoms with Crippen LogP contribution in [0.15, 0.2) is 36.4 Å². The topological polar surface area (TPSA) is 9.23 Å². The van der Waals surface area contributed by atoms with E-state index >= 15 is 0 Å². The molecular weight excluding hydrogens is 338 g/mol. The average molecular weight is 355 g/mol. The van der Waals surface area contributed by atoms with Crippen LogP contribution in [0.3, 0.4) is 0 Å². The molecule has 1 unspecified atom stereocenters. The zero-order chi connectivity index (χ0) is 15.6. The molecule has 0 aliphatic heterocycles. The fourth-order valence-corrected chi connectivity index (χ4v) is 2.70. The number of halogens is 3. The van der Waals surface area contributed by atoms with Crippen LogP contribution in [0, 0.1) is 18.6 Å². The van der Waals surface area contributed by atoms with Crippen molar-refractivity contribution in [3.05, 3.63) is 64.7 Å². The van der Waals surface area contributed by atoms with Crippen molar-refractivity contribution in [2.45, 2.75) is 31.7 Å². The molecule has 0 aliphatic carbocycles. The third-order valence-electron chi connectivity index (χ3n) is 3.10. The van der Waals surface area contributed by atoms with E-state index in [9.17, 15) is 8.78 Å². The van der Waals surface area contributed by atoms with Gasteiger partial charge in [0.15, 0.2) is 0 Å². The maximum Gasteiger partial charge on any atom is 0.130 e. The summed E-state index contributed by atoms with van der Waals surface area (Å²) in [5, 5.41) is 0. The molecule has 1 nitrogen and oxygen atoms in total. The van der Waals surface area contributed by atoms with E-state index in [1.165, 1.54) is 6.07 Å². The lowest BCUT2D eigenvalue weighted by Gasteiger charge is -2.15. The molecular formula is C17H17BrF2O. The Balaban J connectivity index is 2.27. The van der Waals surface area contributed by atoms with Crippen LogP contribution in [0.5, 0.6) is 5.75 Å². The second-order valence-corrected chi connectivity index (χ2v) is 6.14. The van der Waals surface area contributed by atoms with Crippen molar-refractivity contribution in [2.24, 2.45) is 0 Å². The number of ether oxygens (including phenoxy) is 1. The van der Waals surface area contributed by atoms with Crippen LogP contribution in [0.1, 0.15) is 35.4 Å². The Morgan fingerprint density at radius 3 is 2.19 bits per heavy atom. The molecule has 4 heteroatoms. The van der Waals surface area contributed by atoms with Crippen LogP contribution in [0.2, 0.25) is 0 Å². The zero-order valence-electron chi connectivity index (χ0n) is 12.2. The van der Waals surface area contributed by atoms with Gasteiger partial charge in [0.25, 0.3) is 0 Å². The van der Waals surface area contributed by atoms with Gasteiger partial charge in [0.2, 0.25) is 0 Å². The van der Waals surface area contributed by atoms with Gasteiger partial charge in [-0.25, -0.2) is 8.78 Å². The molecule has 0 bridgehead atoms. The zero-order valence-corrected chi connectivity index (χ0v) is 13.7. The van der Waals surface area contributed by atoms with Crippen LogP contribution in [-0.4, -0.2) is 6.10 Å². The van der Waals surface area contributed by atoms with Gasteiger partial charge < -0.3 is 4.74 Å². The minimum Gasteiger partial charge on any atom is -0.491 e. The second-order valence-electron chi connectivity index (χ2n) is 5.22. The first-order valence-corrected chi connectivity index (χ1v) is 7.66. The first kappa shape index (κ1) is 16.0. The fraction of sp³-hybridized carbons (Fsp3) is 0.294. The lowest BCUT2D eigenvalue weighted by atomic mass is 10.0. The third kappa shape index (κ3) is 3.82. The average Bonchev–Trinajstić information content (AvgIpc) is 2.42. The molecule has 0 saturated heterocycles. The van der Waals surface area contributed by atoms with E-state index < -0.39 is 11.6 Å². The summed E-state index contributed by atoms with van der Waals surface area (Å²) in [4.78, 5) is -0.329. The van der Waals surface area contributed by atoms with E-state index in [4.69, 9.17) is 4.74 Å². The molecule has 2 rings (SSSR count). The minimum absolute atomic E-state index is 0.104. The van der Waals surface area contributed by atoms with Crippen molar-refractivity contribution in [1.82, 2.24) is 0 Å². The van der Waals surface area contributed by atoms with Crippen LogP contribution in [-0.2, 0) is 0 Å². The molecule has 21 heavy (non-hydrogen) atoms. The number of benzene rings is 2. The maximum atomic E-state index is 13.9. The molecule has 0 saturated carbocycles. The van der Waals surface area contributed by atoms with E-state index in [1.54, 1.807) is 6.92 Å². The van der Waals surface area contributed by atoms with Crippen molar-refractivity contribution in [3.63, 3.8) is 0 Å². The van der Waals surface area contributed by atoms with E-state index in [0.717, 1.165) is 17.4 Å². The van der Waals surface area contributed by atoms with E-state index in [-0.39, 0.29) is 10.9 Å². The molecule has 2 aromatic carbocycles. The Morgan fingerprint density at radius 1 is 1.00 bits per heavy atom. The van der Waals surface area contributed by atoms with Crippen LogP contribution < -0.4 is 4.74 Å². The summed E-state index contributed by atoms with van der Waals surface area (Å²) in [5.41, 5.74) is 1.73. The van der Waals surface area contributed by atoms with Gasteiger partial charge >= 0.3 is 0 Å². The Bertz CT molecular complexity index is 623. The van der Waals surface area contributed by atoms with Crippen molar-refractivity contribution >= 4 is 15.9 Å². The van der Waals surface area contributed by atoms with Crippen molar-refractivity contribution in [1.29, 1.82) is 0 Å². The summed E-state index contributed by atoms with van der Waals surface area (Å²) < 4.78 is 32.8. The highest BCUT2D eigenvalue weighted by molar-refractivity contribution is 9.09. The molecule has 0 spiro atoms. The summed E-state index contributed by atoms with van der Waals surface area (Å²) >= 11 is 3.48. The summed E-state index contributed by atoms with van der Waals surface area (Å²) in [6.45, 7) is 5.54. The molecule has 112 valence electrons. The van der Waals surface area contributed by atoms with Gasteiger partial charge in [0, 0.05) is 11.6 Å². The second kappa shape index (κ2) is 6.56. The van der Waals surface area contributed by atoms with Gasteiger partial charge in [-0.05, 0) is 50.1 Å². The van der Waals surface area contributed by atoms with Gasteiger partial charge in [0.1, 0.15) is 17.4 Å². The van der Waals surface area contributed by atoms with Gasteiger partial charge in [-0.15, -0.1) is 0 Å². The number of rotatable bonds is 4. The first-order valence-electron chi connectivity index (χ1n) is 6.74.